The molecule has 0 aliphatic heterocycles. The van der Waals surface area contributed by atoms with Crippen LogP contribution in [0.4, 0.5) is 5.69 Å². The minimum atomic E-state index is -0.234. The van der Waals surface area contributed by atoms with Crippen molar-refractivity contribution in [1.82, 2.24) is 0 Å². The summed E-state index contributed by atoms with van der Waals surface area (Å²) in [6.45, 7) is 2.53. The minimum absolute atomic E-state index is 0.163. The summed E-state index contributed by atoms with van der Waals surface area (Å²) < 4.78 is 5.40. The van der Waals surface area contributed by atoms with Crippen molar-refractivity contribution in [2.45, 2.75) is 6.92 Å². The normalized spacial score (nSPS) is 10.5. The zero-order valence-electron chi connectivity index (χ0n) is 11.7. The van der Waals surface area contributed by atoms with Crippen molar-refractivity contribution in [3.63, 3.8) is 0 Å². The quantitative estimate of drug-likeness (QED) is 0.652. The van der Waals surface area contributed by atoms with Crippen LogP contribution in [0.3, 0.4) is 0 Å². The fraction of sp³-hybridized carbons (Fsp3) is 0.118. The Morgan fingerprint density at radius 1 is 1.24 bits per heavy atom. The Bertz CT molecular complexity index is 633. The average molecular weight is 283 g/mol. The van der Waals surface area contributed by atoms with Gasteiger partial charge in [-0.15, -0.1) is 0 Å². The van der Waals surface area contributed by atoms with Gasteiger partial charge in [0.05, 0.1) is 6.61 Å². The maximum atomic E-state index is 11.8. The molecule has 0 radical (unpaired) electrons. The lowest BCUT2D eigenvalue weighted by atomic mass is 10.2. The van der Waals surface area contributed by atoms with E-state index in [9.17, 15) is 9.90 Å². The highest BCUT2D eigenvalue weighted by molar-refractivity contribution is 6.01. The highest BCUT2D eigenvalue weighted by Crippen LogP contribution is 2.15. The number of carbonyl (C=O) groups is 1. The van der Waals surface area contributed by atoms with Crippen molar-refractivity contribution in [3.05, 3.63) is 60.2 Å². The summed E-state index contributed by atoms with van der Waals surface area (Å²) in [5.41, 5.74) is 1.52. The van der Waals surface area contributed by atoms with Crippen LogP contribution in [-0.4, -0.2) is 17.6 Å². The standard InChI is InChI=1S/C17H17NO3/c1-2-21-16-5-3-4-13(12-16)6-11-17(20)18-14-7-9-15(19)10-8-14/h3-12,19H,2H2,1H3,(H,18,20). The third kappa shape index (κ3) is 4.69. The van der Waals surface area contributed by atoms with Crippen molar-refractivity contribution < 1.29 is 14.6 Å². The Kier molecular flexibility index (Phi) is 4.99. The second-order valence-electron chi connectivity index (χ2n) is 4.37. The molecule has 2 rings (SSSR count). The first-order valence-corrected chi connectivity index (χ1v) is 6.68. The first-order chi connectivity index (χ1) is 10.2. The van der Waals surface area contributed by atoms with E-state index in [1.165, 1.54) is 18.2 Å². The van der Waals surface area contributed by atoms with E-state index in [2.05, 4.69) is 5.32 Å². The van der Waals surface area contributed by atoms with Crippen molar-refractivity contribution in [2.24, 2.45) is 0 Å². The molecule has 108 valence electrons. The van der Waals surface area contributed by atoms with E-state index in [0.717, 1.165) is 11.3 Å². The summed E-state index contributed by atoms with van der Waals surface area (Å²) in [5.74, 6) is 0.706. The van der Waals surface area contributed by atoms with Gasteiger partial charge >= 0.3 is 0 Å². The molecule has 2 N–H and O–H groups in total. The molecule has 0 saturated heterocycles. The van der Waals surface area contributed by atoms with Crippen LogP contribution in [0.1, 0.15) is 12.5 Å². The second kappa shape index (κ2) is 7.14. The number of hydrogen-bond acceptors (Lipinski definition) is 3. The molecule has 4 heteroatoms. The Morgan fingerprint density at radius 2 is 2.00 bits per heavy atom. The molecule has 2 aromatic carbocycles. The Balaban J connectivity index is 1.98. The van der Waals surface area contributed by atoms with Crippen LogP contribution in [0.15, 0.2) is 54.6 Å². The zero-order valence-corrected chi connectivity index (χ0v) is 11.7. The SMILES string of the molecule is CCOc1cccc(C=CC(=O)Nc2ccc(O)cc2)c1. The molecule has 0 aliphatic rings. The maximum absolute atomic E-state index is 11.8. The highest BCUT2D eigenvalue weighted by atomic mass is 16.5. The monoisotopic (exact) mass is 283 g/mol. The molecule has 21 heavy (non-hydrogen) atoms. The van der Waals surface area contributed by atoms with Gasteiger partial charge < -0.3 is 15.2 Å². The van der Waals surface area contributed by atoms with Crippen LogP contribution in [0.25, 0.3) is 6.08 Å². The summed E-state index contributed by atoms with van der Waals surface area (Å²) in [4.78, 5) is 11.8. The fourth-order valence-electron chi connectivity index (χ4n) is 1.78. The first kappa shape index (κ1) is 14.7. The number of amides is 1. The van der Waals surface area contributed by atoms with Crippen LogP contribution in [0.5, 0.6) is 11.5 Å². The highest BCUT2D eigenvalue weighted by Gasteiger charge is 1.98. The van der Waals surface area contributed by atoms with Crippen LogP contribution in [-0.2, 0) is 4.79 Å². The topological polar surface area (TPSA) is 58.6 Å². The van der Waals surface area contributed by atoms with Gasteiger partial charge in [-0.25, -0.2) is 0 Å². The molecule has 0 fully saturated rings. The lowest BCUT2D eigenvalue weighted by Crippen LogP contribution is -2.07. The third-order valence-electron chi connectivity index (χ3n) is 2.73. The molecule has 0 aliphatic carbocycles. The number of phenolic OH excluding ortho intramolecular Hbond substituents is 1. The van der Waals surface area contributed by atoms with Crippen LogP contribution < -0.4 is 10.1 Å². The molecule has 0 aromatic heterocycles. The van der Waals surface area contributed by atoms with Crippen LogP contribution in [0, 0.1) is 0 Å². The van der Waals surface area contributed by atoms with Gasteiger partial charge in [-0.1, -0.05) is 12.1 Å². The van der Waals surface area contributed by atoms with Gasteiger partial charge in [0.1, 0.15) is 11.5 Å². The van der Waals surface area contributed by atoms with E-state index in [1.807, 2.05) is 31.2 Å². The zero-order chi connectivity index (χ0) is 15.1. The van der Waals surface area contributed by atoms with Crippen molar-refractivity contribution in [1.29, 1.82) is 0 Å². The number of hydrogen-bond donors (Lipinski definition) is 2. The predicted octanol–water partition coefficient (Wildman–Crippen LogP) is 3.44. The largest absolute Gasteiger partial charge is 0.508 e. The number of nitrogens with one attached hydrogen (secondary N) is 1. The Labute approximate surface area is 123 Å². The molecule has 0 saturated carbocycles. The number of benzene rings is 2. The number of rotatable bonds is 5. The summed E-state index contributed by atoms with van der Waals surface area (Å²) in [6, 6.07) is 13.8. The van der Waals surface area contributed by atoms with Crippen molar-refractivity contribution >= 4 is 17.7 Å². The Hall–Kier alpha value is -2.75. The first-order valence-electron chi connectivity index (χ1n) is 6.68. The minimum Gasteiger partial charge on any atom is -0.508 e. The number of anilines is 1. The van der Waals surface area contributed by atoms with E-state index in [-0.39, 0.29) is 11.7 Å². The van der Waals surface area contributed by atoms with Gasteiger partial charge in [0.15, 0.2) is 0 Å². The molecule has 0 heterocycles. The smallest absolute Gasteiger partial charge is 0.248 e. The molecule has 1 amide bonds. The summed E-state index contributed by atoms with van der Waals surface area (Å²) in [5, 5.41) is 11.9. The molecule has 0 unspecified atom stereocenters. The van der Waals surface area contributed by atoms with E-state index in [4.69, 9.17) is 4.74 Å². The van der Waals surface area contributed by atoms with E-state index < -0.39 is 0 Å². The van der Waals surface area contributed by atoms with E-state index in [0.29, 0.717) is 12.3 Å². The lowest BCUT2D eigenvalue weighted by Gasteiger charge is -2.03. The molecular weight excluding hydrogens is 266 g/mol. The predicted molar refractivity (Wildman–Crippen MR) is 83.4 cm³/mol. The Morgan fingerprint density at radius 3 is 2.71 bits per heavy atom. The van der Waals surface area contributed by atoms with Gasteiger partial charge in [0.25, 0.3) is 0 Å². The van der Waals surface area contributed by atoms with Gasteiger partial charge in [-0.2, -0.15) is 0 Å². The molecule has 0 atom stereocenters. The molecular formula is C17H17NO3. The van der Waals surface area contributed by atoms with Gasteiger partial charge in [0, 0.05) is 11.8 Å². The molecule has 0 bridgehead atoms. The summed E-state index contributed by atoms with van der Waals surface area (Å²) in [6.07, 6.45) is 3.18. The summed E-state index contributed by atoms with van der Waals surface area (Å²) in [7, 11) is 0. The number of aromatic hydroxyl groups is 1. The van der Waals surface area contributed by atoms with E-state index >= 15 is 0 Å². The maximum Gasteiger partial charge on any atom is 0.248 e. The van der Waals surface area contributed by atoms with Crippen molar-refractivity contribution in [3.8, 4) is 11.5 Å². The molecule has 2 aromatic rings. The van der Waals surface area contributed by atoms with Gasteiger partial charge in [-0.3, -0.25) is 4.79 Å². The van der Waals surface area contributed by atoms with Crippen molar-refractivity contribution in [2.75, 3.05) is 11.9 Å². The number of phenols is 1. The third-order valence-corrected chi connectivity index (χ3v) is 2.73. The number of ether oxygens (including phenoxy) is 1. The molecule has 0 spiro atoms. The lowest BCUT2D eigenvalue weighted by molar-refractivity contribution is -0.111. The summed E-state index contributed by atoms with van der Waals surface area (Å²) >= 11 is 0. The average Bonchev–Trinajstić information content (AvgIpc) is 2.48. The fourth-order valence-corrected chi connectivity index (χ4v) is 1.78. The van der Waals surface area contributed by atoms with Crippen LogP contribution >= 0.6 is 0 Å². The second-order valence-corrected chi connectivity index (χ2v) is 4.37. The van der Waals surface area contributed by atoms with Crippen LogP contribution in [0.2, 0.25) is 0 Å². The van der Waals surface area contributed by atoms with Gasteiger partial charge in [0.2, 0.25) is 5.91 Å². The number of carbonyl (C=O) groups excluding carboxylic acids is 1. The van der Waals surface area contributed by atoms with Gasteiger partial charge in [-0.05, 0) is 55.0 Å². The van der Waals surface area contributed by atoms with E-state index in [1.54, 1.807) is 18.2 Å². The molecule has 4 nitrogen and oxygen atoms in total.